The first-order valence-electron chi connectivity index (χ1n) is 14.9. The molecule has 0 N–H and O–H groups in total. The number of hydrogen-bond acceptors (Lipinski definition) is 7. The summed E-state index contributed by atoms with van der Waals surface area (Å²) < 4.78 is 16.7. The Hall–Kier alpha value is -1.92. The molecule has 4 fully saturated rings. The Morgan fingerprint density at radius 3 is 2.21 bits per heavy atom. The summed E-state index contributed by atoms with van der Waals surface area (Å²) in [5, 5.41) is 0. The Labute approximate surface area is 228 Å². The molecule has 4 aliphatic rings. The zero-order chi connectivity index (χ0) is 27.8. The second kappa shape index (κ2) is 11.3. The van der Waals surface area contributed by atoms with Crippen LogP contribution in [0.25, 0.3) is 0 Å². The van der Waals surface area contributed by atoms with Crippen LogP contribution in [-0.2, 0) is 33.4 Å². The summed E-state index contributed by atoms with van der Waals surface area (Å²) >= 11 is 0. The molecule has 0 aromatic rings. The standard InChI is InChI=1S/C31H48O7/c1-18(17-36-20(3)33)7-10-28(35)38-27-16-26-24-9-8-22-15-23(37-21(4)34)11-13-30(22,5)25(24)12-14-31(26,6)29(27)19(2)32/h18,22-27,29H,7-17H2,1-6H3. The average molecular weight is 533 g/mol. The molecule has 0 aromatic heterocycles. The molecular formula is C31H48O7. The quantitative estimate of drug-likeness (QED) is 0.294. The van der Waals surface area contributed by atoms with Gasteiger partial charge in [0, 0.05) is 20.3 Å². The number of carbonyl (C=O) groups excluding carboxylic acids is 4. The minimum Gasteiger partial charge on any atom is -0.466 e. The van der Waals surface area contributed by atoms with Gasteiger partial charge in [-0.1, -0.05) is 20.8 Å². The predicted molar refractivity (Wildman–Crippen MR) is 142 cm³/mol. The molecule has 0 aliphatic heterocycles. The second-order valence-corrected chi connectivity index (χ2v) is 13.5. The Balaban J connectivity index is 1.43. The van der Waals surface area contributed by atoms with Crippen molar-refractivity contribution in [1.29, 1.82) is 0 Å². The summed E-state index contributed by atoms with van der Waals surface area (Å²) in [4.78, 5) is 48.5. The van der Waals surface area contributed by atoms with Gasteiger partial charge in [0.25, 0.3) is 0 Å². The van der Waals surface area contributed by atoms with Crippen molar-refractivity contribution >= 4 is 23.7 Å². The van der Waals surface area contributed by atoms with Gasteiger partial charge in [-0.05, 0) is 105 Å². The van der Waals surface area contributed by atoms with Gasteiger partial charge in [-0.15, -0.1) is 0 Å². The molecule has 7 nitrogen and oxygen atoms in total. The number of fused-ring (bicyclic) bond motifs is 5. The van der Waals surface area contributed by atoms with Gasteiger partial charge in [-0.2, -0.15) is 0 Å². The van der Waals surface area contributed by atoms with Gasteiger partial charge < -0.3 is 14.2 Å². The van der Waals surface area contributed by atoms with Gasteiger partial charge in [0.2, 0.25) is 0 Å². The fourth-order valence-electron chi connectivity index (χ4n) is 9.33. The van der Waals surface area contributed by atoms with Crippen LogP contribution >= 0.6 is 0 Å². The summed E-state index contributed by atoms with van der Waals surface area (Å²) in [6, 6.07) is 0. The number of ketones is 1. The number of Topliss-reactive ketones (excluding diaryl/α,β-unsaturated/α-hetero) is 1. The zero-order valence-corrected chi connectivity index (χ0v) is 24.3. The molecular weight excluding hydrogens is 484 g/mol. The van der Waals surface area contributed by atoms with Crippen molar-refractivity contribution in [2.45, 2.75) is 118 Å². The number of ether oxygens (including phenoxy) is 3. The van der Waals surface area contributed by atoms with E-state index in [9.17, 15) is 19.2 Å². The summed E-state index contributed by atoms with van der Waals surface area (Å²) in [6.45, 7) is 11.6. The summed E-state index contributed by atoms with van der Waals surface area (Å²) in [6.07, 6.45) is 8.67. The highest BCUT2D eigenvalue weighted by atomic mass is 16.5. The van der Waals surface area contributed by atoms with Crippen LogP contribution in [0.4, 0.5) is 0 Å². The van der Waals surface area contributed by atoms with E-state index in [1.807, 2.05) is 6.92 Å². The third-order valence-electron chi connectivity index (χ3n) is 11.1. The average Bonchev–Trinajstić information content (AvgIpc) is 3.13. The predicted octanol–water partition coefficient (Wildman–Crippen LogP) is 5.67. The molecule has 0 spiro atoms. The van der Waals surface area contributed by atoms with Crippen molar-refractivity contribution < 1.29 is 33.4 Å². The molecule has 4 rings (SSSR count). The van der Waals surface area contributed by atoms with E-state index in [1.165, 1.54) is 13.8 Å². The van der Waals surface area contributed by atoms with Crippen LogP contribution in [0.1, 0.15) is 106 Å². The lowest BCUT2D eigenvalue weighted by molar-refractivity contribution is -0.162. The van der Waals surface area contributed by atoms with Crippen LogP contribution in [0, 0.1) is 46.3 Å². The maximum atomic E-state index is 13.0. The maximum absolute atomic E-state index is 13.0. The fraction of sp³-hybridized carbons (Fsp3) is 0.871. The van der Waals surface area contributed by atoms with Crippen LogP contribution in [0.5, 0.6) is 0 Å². The zero-order valence-electron chi connectivity index (χ0n) is 24.3. The lowest BCUT2D eigenvalue weighted by Crippen LogP contribution is -2.54. The molecule has 4 saturated carbocycles. The fourth-order valence-corrected chi connectivity index (χ4v) is 9.33. The molecule has 0 amide bonds. The monoisotopic (exact) mass is 532 g/mol. The summed E-state index contributed by atoms with van der Waals surface area (Å²) in [5.41, 5.74) is 0.0954. The Morgan fingerprint density at radius 1 is 0.842 bits per heavy atom. The number of hydrogen-bond donors (Lipinski definition) is 0. The Bertz CT molecular complexity index is 929. The first-order valence-corrected chi connectivity index (χ1v) is 14.9. The minimum atomic E-state index is -0.359. The molecule has 0 aromatic carbocycles. The highest BCUT2D eigenvalue weighted by Gasteiger charge is 2.64. The third kappa shape index (κ3) is 5.67. The van der Waals surface area contributed by atoms with Crippen molar-refractivity contribution in [3.8, 4) is 0 Å². The molecule has 7 heteroatoms. The number of rotatable bonds is 8. The smallest absolute Gasteiger partial charge is 0.306 e. The van der Waals surface area contributed by atoms with Gasteiger partial charge >= 0.3 is 17.9 Å². The van der Waals surface area contributed by atoms with Crippen molar-refractivity contribution in [1.82, 2.24) is 0 Å². The molecule has 10 unspecified atom stereocenters. The second-order valence-electron chi connectivity index (χ2n) is 13.5. The first kappa shape index (κ1) is 29.1. The minimum absolute atomic E-state index is 0.0464. The van der Waals surface area contributed by atoms with Gasteiger partial charge in [0.05, 0.1) is 12.5 Å². The van der Waals surface area contributed by atoms with E-state index in [-0.39, 0.29) is 65.0 Å². The SMILES string of the molecule is CC(=O)OCC(C)CCC(=O)OC1CC2C3CCC4CC(OC(C)=O)CCC4(C)C3CCC2(C)C1C(C)=O. The molecule has 38 heavy (non-hydrogen) atoms. The van der Waals surface area contributed by atoms with Crippen molar-refractivity contribution in [3.05, 3.63) is 0 Å². The molecule has 214 valence electrons. The van der Waals surface area contributed by atoms with Crippen LogP contribution in [0.2, 0.25) is 0 Å². The molecule has 4 aliphatic carbocycles. The Kier molecular flexibility index (Phi) is 8.64. The van der Waals surface area contributed by atoms with Crippen LogP contribution in [0.3, 0.4) is 0 Å². The largest absolute Gasteiger partial charge is 0.466 e. The summed E-state index contributed by atoms with van der Waals surface area (Å²) in [7, 11) is 0. The van der Waals surface area contributed by atoms with Gasteiger partial charge in [-0.25, -0.2) is 0 Å². The Morgan fingerprint density at radius 2 is 1.55 bits per heavy atom. The lowest BCUT2D eigenvalue weighted by Gasteiger charge is -2.60. The van der Waals surface area contributed by atoms with E-state index in [0.717, 1.165) is 51.4 Å². The topological polar surface area (TPSA) is 96.0 Å². The van der Waals surface area contributed by atoms with Crippen molar-refractivity contribution in [2.24, 2.45) is 46.3 Å². The van der Waals surface area contributed by atoms with Crippen LogP contribution < -0.4 is 0 Å². The van der Waals surface area contributed by atoms with E-state index in [4.69, 9.17) is 14.2 Å². The van der Waals surface area contributed by atoms with E-state index in [0.29, 0.717) is 36.7 Å². The number of esters is 3. The highest BCUT2D eigenvalue weighted by molar-refractivity contribution is 5.81. The maximum Gasteiger partial charge on any atom is 0.306 e. The van der Waals surface area contributed by atoms with Gasteiger partial charge in [0.1, 0.15) is 18.0 Å². The van der Waals surface area contributed by atoms with Crippen LogP contribution in [-0.4, -0.2) is 42.5 Å². The van der Waals surface area contributed by atoms with Crippen molar-refractivity contribution in [3.63, 3.8) is 0 Å². The lowest BCUT2D eigenvalue weighted by atomic mass is 9.44. The van der Waals surface area contributed by atoms with Crippen LogP contribution in [0.15, 0.2) is 0 Å². The van der Waals surface area contributed by atoms with E-state index < -0.39 is 0 Å². The highest BCUT2D eigenvalue weighted by Crippen LogP contribution is 2.68. The molecule has 0 bridgehead atoms. The van der Waals surface area contributed by atoms with Gasteiger partial charge in [0.15, 0.2) is 0 Å². The normalized spacial score (nSPS) is 40.6. The van der Waals surface area contributed by atoms with Crippen molar-refractivity contribution in [2.75, 3.05) is 6.61 Å². The molecule has 0 saturated heterocycles. The third-order valence-corrected chi connectivity index (χ3v) is 11.1. The van der Waals surface area contributed by atoms with E-state index >= 15 is 0 Å². The molecule has 0 heterocycles. The van der Waals surface area contributed by atoms with E-state index in [1.54, 1.807) is 6.92 Å². The first-order chi connectivity index (χ1) is 17.8. The molecule has 10 atom stereocenters. The molecule has 0 radical (unpaired) electrons. The van der Waals surface area contributed by atoms with E-state index in [2.05, 4.69) is 13.8 Å². The number of carbonyl (C=O) groups is 4. The summed E-state index contributed by atoms with van der Waals surface area (Å²) in [5.74, 6) is 1.29. The van der Waals surface area contributed by atoms with Gasteiger partial charge in [-0.3, -0.25) is 19.2 Å².